The van der Waals surface area contributed by atoms with Crippen molar-refractivity contribution in [3.8, 4) is 0 Å². The van der Waals surface area contributed by atoms with Gasteiger partial charge < -0.3 is 4.90 Å². The Hall–Kier alpha value is -1.94. The monoisotopic (exact) mass is 287 g/mol. The second-order valence-corrected chi connectivity index (χ2v) is 5.24. The lowest BCUT2D eigenvalue weighted by molar-refractivity contribution is 0.0733. The molecule has 20 heavy (non-hydrogen) atoms. The fourth-order valence-corrected chi connectivity index (χ4v) is 2.59. The zero-order chi connectivity index (χ0) is 14.1. The molecule has 1 aromatic carbocycles. The van der Waals surface area contributed by atoms with Crippen molar-refractivity contribution in [2.75, 3.05) is 6.54 Å². The first kappa shape index (κ1) is 13.1. The molecular formula is C15H14ClN3O. The lowest BCUT2D eigenvalue weighted by atomic mass is 10.0. The highest BCUT2D eigenvalue weighted by Gasteiger charge is 2.24. The second-order valence-electron chi connectivity index (χ2n) is 4.88. The highest BCUT2D eigenvalue weighted by Crippen LogP contribution is 2.25. The Balaban J connectivity index is 1.89. The quantitative estimate of drug-likeness (QED) is 0.810. The summed E-state index contributed by atoms with van der Waals surface area (Å²) in [4.78, 5) is 14.3. The van der Waals surface area contributed by atoms with Gasteiger partial charge in [-0.3, -0.25) is 4.79 Å². The van der Waals surface area contributed by atoms with E-state index in [1.165, 1.54) is 0 Å². The van der Waals surface area contributed by atoms with Crippen molar-refractivity contribution in [2.24, 2.45) is 0 Å². The van der Waals surface area contributed by atoms with Crippen LogP contribution in [0.1, 0.15) is 27.2 Å². The van der Waals surface area contributed by atoms with E-state index in [1.54, 1.807) is 0 Å². The smallest absolute Gasteiger partial charge is 0.254 e. The van der Waals surface area contributed by atoms with Crippen molar-refractivity contribution in [2.45, 2.75) is 19.9 Å². The molecule has 1 aromatic heterocycles. The number of hydrogen-bond acceptors (Lipinski definition) is 3. The summed E-state index contributed by atoms with van der Waals surface area (Å²) in [5, 5.41) is 8.47. The van der Waals surface area contributed by atoms with Gasteiger partial charge in [0.2, 0.25) is 0 Å². The van der Waals surface area contributed by atoms with Crippen LogP contribution in [0.15, 0.2) is 30.3 Å². The molecule has 2 heterocycles. The van der Waals surface area contributed by atoms with Crippen LogP contribution in [-0.4, -0.2) is 27.5 Å². The standard InChI is InChI=1S/C15H14ClN3O/c1-10-12-9-19(8-7-13(12)17-18-14(10)16)15(20)11-5-3-2-4-6-11/h2-6H,7-9H2,1H3. The average molecular weight is 288 g/mol. The number of rotatable bonds is 1. The number of carbonyl (C=O) groups excluding carboxylic acids is 1. The summed E-state index contributed by atoms with van der Waals surface area (Å²) in [6.07, 6.45) is 0.721. The number of benzene rings is 1. The molecule has 0 unspecified atom stereocenters. The first-order valence-electron chi connectivity index (χ1n) is 6.51. The Kier molecular flexibility index (Phi) is 3.40. The number of hydrogen-bond donors (Lipinski definition) is 0. The van der Waals surface area contributed by atoms with Crippen molar-refractivity contribution in [3.05, 3.63) is 57.9 Å². The van der Waals surface area contributed by atoms with Crippen LogP contribution in [0.2, 0.25) is 5.15 Å². The van der Waals surface area contributed by atoms with Crippen LogP contribution in [0, 0.1) is 6.92 Å². The summed E-state index contributed by atoms with van der Waals surface area (Å²) in [7, 11) is 0. The van der Waals surface area contributed by atoms with Crippen molar-refractivity contribution in [3.63, 3.8) is 0 Å². The Bertz CT molecular complexity index is 658. The molecular weight excluding hydrogens is 274 g/mol. The van der Waals surface area contributed by atoms with Crippen LogP contribution >= 0.6 is 11.6 Å². The maximum atomic E-state index is 12.5. The van der Waals surface area contributed by atoms with Gasteiger partial charge in [-0.05, 0) is 24.6 Å². The lowest BCUT2D eigenvalue weighted by Gasteiger charge is -2.29. The molecule has 0 N–H and O–H groups in total. The molecule has 0 saturated carbocycles. The molecule has 2 aromatic rings. The first-order valence-corrected chi connectivity index (χ1v) is 6.89. The van der Waals surface area contributed by atoms with Crippen LogP contribution < -0.4 is 0 Å². The maximum Gasteiger partial charge on any atom is 0.254 e. The van der Waals surface area contributed by atoms with E-state index in [0.29, 0.717) is 23.8 Å². The predicted molar refractivity (Wildman–Crippen MR) is 76.7 cm³/mol. The minimum Gasteiger partial charge on any atom is -0.334 e. The molecule has 5 heteroatoms. The van der Waals surface area contributed by atoms with Gasteiger partial charge in [-0.2, -0.15) is 5.10 Å². The summed E-state index contributed by atoms with van der Waals surface area (Å²) >= 11 is 6.01. The summed E-state index contributed by atoms with van der Waals surface area (Å²) in [5.74, 6) is 0.0450. The predicted octanol–water partition coefficient (Wildman–Crippen LogP) is 2.64. The van der Waals surface area contributed by atoms with E-state index in [4.69, 9.17) is 11.6 Å². The molecule has 0 spiro atoms. The molecule has 0 radical (unpaired) electrons. The van der Waals surface area contributed by atoms with Gasteiger partial charge in [0.05, 0.1) is 5.69 Å². The van der Waals surface area contributed by atoms with Crippen LogP contribution in [0.3, 0.4) is 0 Å². The summed E-state index contributed by atoms with van der Waals surface area (Å²) in [6, 6.07) is 9.32. The van der Waals surface area contributed by atoms with Gasteiger partial charge in [0.15, 0.2) is 5.15 Å². The Labute approximate surface area is 122 Å². The third-order valence-electron chi connectivity index (χ3n) is 3.64. The van der Waals surface area contributed by atoms with E-state index in [2.05, 4.69) is 10.2 Å². The summed E-state index contributed by atoms with van der Waals surface area (Å²) in [5.41, 5.74) is 3.61. The fourth-order valence-electron chi connectivity index (χ4n) is 2.44. The van der Waals surface area contributed by atoms with E-state index in [0.717, 1.165) is 23.2 Å². The third kappa shape index (κ3) is 2.27. The summed E-state index contributed by atoms with van der Waals surface area (Å²) < 4.78 is 0. The molecule has 1 aliphatic heterocycles. The minimum absolute atomic E-state index is 0.0450. The minimum atomic E-state index is 0.0450. The van der Waals surface area contributed by atoms with Crippen LogP contribution in [0.5, 0.6) is 0 Å². The molecule has 1 amide bonds. The third-order valence-corrected chi connectivity index (χ3v) is 4.00. The normalized spacial score (nSPS) is 14.0. The van der Waals surface area contributed by atoms with E-state index in [-0.39, 0.29) is 5.91 Å². The van der Waals surface area contributed by atoms with Gasteiger partial charge in [0.25, 0.3) is 5.91 Å². The first-order chi connectivity index (χ1) is 9.66. The molecule has 0 aliphatic carbocycles. The molecule has 0 fully saturated rings. The van der Waals surface area contributed by atoms with E-state index >= 15 is 0 Å². The lowest BCUT2D eigenvalue weighted by Crippen LogP contribution is -2.37. The molecule has 0 bridgehead atoms. The van der Waals surface area contributed by atoms with Crippen molar-refractivity contribution < 1.29 is 4.79 Å². The Morgan fingerprint density at radius 1 is 1.25 bits per heavy atom. The number of carbonyl (C=O) groups is 1. The van der Waals surface area contributed by atoms with Gasteiger partial charge in [0.1, 0.15) is 0 Å². The zero-order valence-corrected chi connectivity index (χ0v) is 11.9. The Morgan fingerprint density at radius 2 is 2.00 bits per heavy atom. The van der Waals surface area contributed by atoms with E-state index < -0.39 is 0 Å². The maximum absolute atomic E-state index is 12.5. The average Bonchev–Trinajstić information content (AvgIpc) is 2.51. The number of nitrogens with zero attached hydrogens (tertiary/aromatic N) is 3. The SMILES string of the molecule is Cc1c(Cl)nnc2c1CN(C(=O)c1ccccc1)CC2. The van der Waals surface area contributed by atoms with Gasteiger partial charge >= 0.3 is 0 Å². The van der Waals surface area contributed by atoms with Gasteiger partial charge in [-0.25, -0.2) is 0 Å². The number of aromatic nitrogens is 2. The molecule has 3 rings (SSSR count). The van der Waals surface area contributed by atoms with Gasteiger partial charge in [-0.15, -0.1) is 5.10 Å². The van der Waals surface area contributed by atoms with Crippen molar-refractivity contribution in [1.82, 2.24) is 15.1 Å². The number of amides is 1. The van der Waals surface area contributed by atoms with Crippen LogP contribution in [0.25, 0.3) is 0 Å². The number of halogens is 1. The fraction of sp³-hybridized carbons (Fsp3) is 0.267. The van der Waals surface area contributed by atoms with Gasteiger partial charge in [0, 0.05) is 30.6 Å². The Morgan fingerprint density at radius 3 is 2.75 bits per heavy atom. The molecule has 0 atom stereocenters. The highest BCUT2D eigenvalue weighted by atomic mass is 35.5. The van der Waals surface area contributed by atoms with Crippen LogP contribution in [0.4, 0.5) is 0 Å². The second kappa shape index (κ2) is 5.21. The van der Waals surface area contributed by atoms with E-state index in [1.807, 2.05) is 42.2 Å². The van der Waals surface area contributed by atoms with E-state index in [9.17, 15) is 4.79 Å². The molecule has 0 saturated heterocycles. The number of fused-ring (bicyclic) bond motifs is 1. The van der Waals surface area contributed by atoms with Crippen molar-refractivity contribution in [1.29, 1.82) is 0 Å². The zero-order valence-electron chi connectivity index (χ0n) is 11.1. The molecule has 102 valence electrons. The highest BCUT2D eigenvalue weighted by molar-refractivity contribution is 6.30. The topological polar surface area (TPSA) is 46.1 Å². The van der Waals surface area contributed by atoms with Crippen LogP contribution in [-0.2, 0) is 13.0 Å². The summed E-state index contributed by atoms with van der Waals surface area (Å²) in [6.45, 7) is 3.13. The van der Waals surface area contributed by atoms with Crippen molar-refractivity contribution >= 4 is 17.5 Å². The largest absolute Gasteiger partial charge is 0.334 e. The molecule has 4 nitrogen and oxygen atoms in total. The molecule has 1 aliphatic rings. The van der Waals surface area contributed by atoms with Gasteiger partial charge in [-0.1, -0.05) is 29.8 Å².